The molecule has 0 fully saturated rings. The van der Waals surface area contributed by atoms with Crippen molar-refractivity contribution in [1.82, 2.24) is 0 Å². The molecule has 1 nitrogen and oxygen atoms in total. The van der Waals surface area contributed by atoms with Gasteiger partial charge in [-0.3, -0.25) is 0 Å². The molecule has 0 aromatic heterocycles. The van der Waals surface area contributed by atoms with Gasteiger partial charge >= 0.3 is 0 Å². The summed E-state index contributed by atoms with van der Waals surface area (Å²) < 4.78 is 0. The van der Waals surface area contributed by atoms with E-state index in [1.165, 1.54) is 22.3 Å². The lowest BCUT2D eigenvalue weighted by atomic mass is 9.84. The zero-order valence-electron chi connectivity index (χ0n) is 16.2. The van der Waals surface area contributed by atoms with Gasteiger partial charge in [0.1, 0.15) is 0 Å². The highest BCUT2D eigenvalue weighted by atomic mass is 14.5. The molecule has 2 rings (SSSR count). The molecular weight excluding hydrogens is 290 g/mol. The van der Waals surface area contributed by atoms with E-state index < -0.39 is 0 Å². The molecule has 1 heteroatoms. The topological polar surface area (TPSA) is 26.0 Å². The summed E-state index contributed by atoms with van der Waals surface area (Å²) >= 11 is 0. The van der Waals surface area contributed by atoms with Gasteiger partial charge in [-0.25, -0.2) is 0 Å². The van der Waals surface area contributed by atoms with Crippen LogP contribution < -0.4 is 5.73 Å². The predicted octanol–water partition coefficient (Wildman–Crippen LogP) is 5.57. The highest BCUT2D eigenvalue weighted by molar-refractivity contribution is 5.32. The smallest absolute Gasteiger partial charge is 0.000157 e. The maximum absolute atomic E-state index is 6.08. The minimum atomic E-state index is 0.194. The standard InChI is InChI=1S/C23H33N/c1-22(2,3)20-11-7-17(8-12-20)15-19(16-24)18-9-13-21(14-10-18)23(4,5)6/h7-14,19H,15-16,24H2,1-6H3. The highest BCUT2D eigenvalue weighted by Gasteiger charge is 2.16. The Morgan fingerprint density at radius 1 is 0.708 bits per heavy atom. The normalized spacial score (nSPS) is 13.8. The molecule has 1 atom stereocenters. The third-order valence-corrected chi connectivity index (χ3v) is 4.83. The molecule has 2 N–H and O–H groups in total. The first-order valence-electron chi connectivity index (χ1n) is 9.01. The fourth-order valence-corrected chi connectivity index (χ4v) is 3.02. The molecule has 1 unspecified atom stereocenters. The van der Waals surface area contributed by atoms with Crippen LogP contribution in [0.5, 0.6) is 0 Å². The van der Waals surface area contributed by atoms with Crippen LogP contribution in [0.3, 0.4) is 0 Å². The molecule has 0 bridgehead atoms. The Balaban J connectivity index is 2.14. The average Bonchev–Trinajstić information content (AvgIpc) is 2.51. The van der Waals surface area contributed by atoms with E-state index in [2.05, 4.69) is 90.1 Å². The van der Waals surface area contributed by atoms with Gasteiger partial charge in [0.05, 0.1) is 0 Å². The summed E-state index contributed by atoms with van der Waals surface area (Å²) in [6, 6.07) is 18.0. The predicted molar refractivity (Wildman–Crippen MR) is 106 cm³/mol. The zero-order valence-corrected chi connectivity index (χ0v) is 16.2. The van der Waals surface area contributed by atoms with Gasteiger partial charge in [-0.15, -0.1) is 0 Å². The Hall–Kier alpha value is -1.60. The SMILES string of the molecule is CC(C)(C)c1ccc(CC(CN)c2ccc(C(C)(C)C)cc2)cc1. The van der Waals surface area contributed by atoms with Crippen molar-refractivity contribution < 1.29 is 0 Å². The highest BCUT2D eigenvalue weighted by Crippen LogP contribution is 2.27. The number of nitrogens with two attached hydrogens (primary N) is 1. The molecule has 2 aromatic carbocycles. The van der Waals surface area contributed by atoms with Crippen LogP contribution in [0.15, 0.2) is 48.5 Å². The monoisotopic (exact) mass is 323 g/mol. The molecule has 24 heavy (non-hydrogen) atoms. The van der Waals surface area contributed by atoms with Crippen molar-refractivity contribution in [3.63, 3.8) is 0 Å². The van der Waals surface area contributed by atoms with Gasteiger partial charge in [-0.05, 0) is 46.0 Å². The Morgan fingerprint density at radius 2 is 1.12 bits per heavy atom. The molecule has 130 valence electrons. The Kier molecular flexibility index (Phi) is 5.55. The third-order valence-electron chi connectivity index (χ3n) is 4.83. The van der Waals surface area contributed by atoms with Gasteiger partial charge < -0.3 is 5.73 Å². The maximum Gasteiger partial charge on any atom is 0.000157 e. The van der Waals surface area contributed by atoms with Crippen molar-refractivity contribution in [2.75, 3.05) is 6.54 Å². The largest absolute Gasteiger partial charge is 0.330 e. The summed E-state index contributed by atoms with van der Waals surface area (Å²) in [5.74, 6) is 0.375. The van der Waals surface area contributed by atoms with Crippen molar-refractivity contribution in [3.8, 4) is 0 Å². The second-order valence-corrected chi connectivity index (χ2v) is 8.96. The lowest BCUT2D eigenvalue weighted by Crippen LogP contribution is -2.16. The zero-order chi connectivity index (χ0) is 18.0. The molecule has 0 amide bonds. The number of benzene rings is 2. The van der Waals surface area contributed by atoms with E-state index in [1.807, 2.05) is 0 Å². The van der Waals surface area contributed by atoms with E-state index >= 15 is 0 Å². The van der Waals surface area contributed by atoms with Crippen LogP contribution >= 0.6 is 0 Å². The average molecular weight is 324 g/mol. The summed E-state index contributed by atoms with van der Waals surface area (Å²) in [6.07, 6.45) is 0.996. The molecule has 0 aliphatic heterocycles. The van der Waals surface area contributed by atoms with Crippen molar-refractivity contribution >= 4 is 0 Å². The quantitative estimate of drug-likeness (QED) is 0.782. The summed E-state index contributed by atoms with van der Waals surface area (Å²) in [6.45, 7) is 14.2. The van der Waals surface area contributed by atoms with Crippen LogP contribution in [0.4, 0.5) is 0 Å². The van der Waals surface area contributed by atoms with Crippen LogP contribution in [0.1, 0.15) is 69.7 Å². The summed E-state index contributed by atoms with van der Waals surface area (Å²) in [4.78, 5) is 0. The molecule has 0 saturated carbocycles. The van der Waals surface area contributed by atoms with Gasteiger partial charge in [-0.2, -0.15) is 0 Å². The van der Waals surface area contributed by atoms with Crippen LogP contribution in [0.25, 0.3) is 0 Å². The van der Waals surface area contributed by atoms with E-state index in [4.69, 9.17) is 5.73 Å². The number of hydrogen-bond acceptors (Lipinski definition) is 1. The lowest BCUT2D eigenvalue weighted by molar-refractivity contribution is 0.588. The van der Waals surface area contributed by atoms with Crippen LogP contribution in [-0.4, -0.2) is 6.54 Å². The Morgan fingerprint density at radius 3 is 1.50 bits per heavy atom. The van der Waals surface area contributed by atoms with Gasteiger partial charge in [-0.1, -0.05) is 90.1 Å². The minimum absolute atomic E-state index is 0.194. The molecule has 2 aromatic rings. The lowest BCUT2D eigenvalue weighted by Gasteiger charge is -2.22. The van der Waals surface area contributed by atoms with Gasteiger partial charge in [0.2, 0.25) is 0 Å². The fraction of sp³-hybridized carbons (Fsp3) is 0.478. The number of hydrogen-bond donors (Lipinski definition) is 1. The maximum atomic E-state index is 6.08. The molecule has 0 saturated heterocycles. The van der Waals surface area contributed by atoms with Crippen molar-refractivity contribution in [3.05, 3.63) is 70.8 Å². The van der Waals surface area contributed by atoms with Crippen LogP contribution in [0.2, 0.25) is 0 Å². The molecule has 0 aliphatic rings. The van der Waals surface area contributed by atoms with E-state index in [0.717, 1.165) is 6.42 Å². The molecular formula is C23H33N. The van der Waals surface area contributed by atoms with Crippen molar-refractivity contribution in [2.24, 2.45) is 5.73 Å². The Labute approximate surface area is 148 Å². The van der Waals surface area contributed by atoms with Gasteiger partial charge in [0, 0.05) is 5.92 Å². The van der Waals surface area contributed by atoms with Crippen LogP contribution in [-0.2, 0) is 17.3 Å². The first kappa shape index (κ1) is 18.7. The second-order valence-electron chi connectivity index (χ2n) is 8.96. The molecule has 0 aliphatic carbocycles. The summed E-state index contributed by atoms with van der Waals surface area (Å²) in [7, 11) is 0. The first-order valence-corrected chi connectivity index (χ1v) is 9.01. The van der Waals surface area contributed by atoms with Crippen molar-refractivity contribution in [1.29, 1.82) is 0 Å². The van der Waals surface area contributed by atoms with Gasteiger partial charge in [0.15, 0.2) is 0 Å². The van der Waals surface area contributed by atoms with E-state index in [-0.39, 0.29) is 10.8 Å². The first-order chi connectivity index (χ1) is 11.1. The summed E-state index contributed by atoms with van der Waals surface area (Å²) in [5, 5.41) is 0. The third kappa shape index (κ3) is 4.70. The molecule has 0 spiro atoms. The number of rotatable bonds is 4. The minimum Gasteiger partial charge on any atom is -0.330 e. The molecule has 0 heterocycles. The second kappa shape index (κ2) is 7.11. The van der Waals surface area contributed by atoms with E-state index in [0.29, 0.717) is 12.5 Å². The fourth-order valence-electron chi connectivity index (χ4n) is 3.02. The van der Waals surface area contributed by atoms with Crippen molar-refractivity contribution in [2.45, 2.75) is 64.7 Å². The van der Waals surface area contributed by atoms with E-state index in [1.54, 1.807) is 0 Å². The van der Waals surface area contributed by atoms with E-state index in [9.17, 15) is 0 Å². The summed E-state index contributed by atoms with van der Waals surface area (Å²) in [5.41, 5.74) is 11.9. The van der Waals surface area contributed by atoms with Gasteiger partial charge in [0.25, 0.3) is 0 Å². The van der Waals surface area contributed by atoms with Crippen LogP contribution in [0, 0.1) is 0 Å². The molecule has 0 radical (unpaired) electrons. The Bertz CT molecular complexity index is 636.